The summed E-state index contributed by atoms with van der Waals surface area (Å²) in [5.41, 5.74) is 0.802. The number of aliphatic hydroxyl groups excluding tert-OH is 1. The van der Waals surface area contributed by atoms with Crippen LogP contribution in [0.2, 0.25) is 0 Å². The zero-order chi connectivity index (χ0) is 10.4. The van der Waals surface area contributed by atoms with Gasteiger partial charge >= 0.3 is 0 Å². The highest BCUT2D eigenvalue weighted by Gasteiger charge is 2.13. The number of hydrogen-bond acceptors (Lipinski definition) is 3. The minimum Gasteiger partial charge on any atom is -0.388 e. The molecule has 1 aromatic carbocycles. The van der Waals surface area contributed by atoms with E-state index in [-0.39, 0.29) is 0 Å². The Morgan fingerprint density at radius 2 is 2.00 bits per heavy atom. The first kappa shape index (κ1) is 10.9. The predicted molar refractivity (Wildman–Crippen MR) is 53.7 cm³/mol. The SMILES string of the molecule is C=C[C@@H](C[C@@H](O)c1ccccc1)OO. The van der Waals surface area contributed by atoms with Crippen LogP contribution in [0.4, 0.5) is 0 Å². The van der Waals surface area contributed by atoms with Gasteiger partial charge in [-0.25, -0.2) is 4.89 Å². The fraction of sp³-hybridized carbons (Fsp3) is 0.273. The Hall–Kier alpha value is -1.16. The molecule has 76 valence electrons. The lowest BCUT2D eigenvalue weighted by Gasteiger charge is -2.14. The van der Waals surface area contributed by atoms with Gasteiger partial charge in [0.05, 0.1) is 6.10 Å². The lowest BCUT2D eigenvalue weighted by molar-refractivity contribution is -0.270. The molecule has 2 N–H and O–H groups in total. The molecule has 0 saturated carbocycles. The maximum atomic E-state index is 9.71. The minimum absolute atomic E-state index is 0.296. The Kier molecular flexibility index (Phi) is 4.32. The largest absolute Gasteiger partial charge is 0.388 e. The van der Waals surface area contributed by atoms with Crippen LogP contribution in [0.5, 0.6) is 0 Å². The first-order chi connectivity index (χ1) is 6.77. The summed E-state index contributed by atoms with van der Waals surface area (Å²) in [5, 5.41) is 18.2. The van der Waals surface area contributed by atoms with Crippen LogP contribution in [0.1, 0.15) is 18.1 Å². The molecule has 2 atom stereocenters. The molecule has 3 nitrogen and oxygen atoms in total. The third kappa shape index (κ3) is 2.96. The van der Waals surface area contributed by atoms with Crippen molar-refractivity contribution in [1.82, 2.24) is 0 Å². The summed E-state index contributed by atoms with van der Waals surface area (Å²) in [5.74, 6) is 0. The van der Waals surface area contributed by atoms with Gasteiger partial charge in [0, 0.05) is 6.42 Å². The molecule has 1 rings (SSSR count). The third-order valence-electron chi connectivity index (χ3n) is 2.04. The fourth-order valence-corrected chi connectivity index (χ4v) is 1.21. The average Bonchev–Trinajstić information content (AvgIpc) is 2.26. The van der Waals surface area contributed by atoms with E-state index in [1.807, 2.05) is 30.3 Å². The van der Waals surface area contributed by atoms with Crippen molar-refractivity contribution in [2.45, 2.75) is 18.6 Å². The van der Waals surface area contributed by atoms with E-state index in [0.29, 0.717) is 6.42 Å². The molecular weight excluding hydrogens is 180 g/mol. The van der Waals surface area contributed by atoms with E-state index in [2.05, 4.69) is 11.5 Å². The van der Waals surface area contributed by atoms with Crippen molar-refractivity contribution in [3.63, 3.8) is 0 Å². The number of rotatable bonds is 5. The van der Waals surface area contributed by atoms with E-state index in [1.165, 1.54) is 6.08 Å². The monoisotopic (exact) mass is 194 g/mol. The molecule has 0 amide bonds. The van der Waals surface area contributed by atoms with Gasteiger partial charge in [0.15, 0.2) is 0 Å². The average molecular weight is 194 g/mol. The molecule has 0 spiro atoms. The van der Waals surface area contributed by atoms with Crippen LogP contribution in [0.15, 0.2) is 43.0 Å². The van der Waals surface area contributed by atoms with Crippen LogP contribution in [0.25, 0.3) is 0 Å². The van der Waals surface area contributed by atoms with Gasteiger partial charge in [-0.3, -0.25) is 5.26 Å². The Morgan fingerprint density at radius 3 is 2.50 bits per heavy atom. The predicted octanol–water partition coefficient (Wildman–Crippen LogP) is 2.15. The summed E-state index contributed by atoms with van der Waals surface area (Å²) in [6.07, 6.45) is 0.562. The Morgan fingerprint density at radius 1 is 1.36 bits per heavy atom. The zero-order valence-corrected chi connectivity index (χ0v) is 7.84. The summed E-state index contributed by atoms with van der Waals surface area (Å²) in [4.78, 5) is 4.11. The van der Waals surface area contributed by atoms with E-state index in [9.17, 15) is 5.11 Å². The Balaban J connectivity index is 2.58. The highest BCUT2D eigenvalue weighted by molar-refractivity contribution is 5.17. The molecule has 0 unspecified atom stereocenters. The van der Waals surface area contributed by atoms with Crippen LogP contribution >= 0.6 is 0 Å². The van der Waals surface area contributed by atoms with Crippen molar-refractivity contribution in [2.75, 3.05) is 0 Å². The van der Waals surface area contributed by atoms with Gasteiger partial charge in [-0.1, -0.05) is 36.4 Å². The van der Waals surface area contributed by atoms with E-state index < -0.39 is 12.2 Å². The van der Waals surface area contributed by atoms with Gasteiger partial charge < -0.3 is 5.11 Å². The second-order valence-electron chi connectivity index (χ2n) is 3.04. The van der Waals surface area contributed by atoms with Gasteiger partial charge in [0.25, 0.3) is 0 Å². The van der Waals surface area contributed by atoms with Crippen molar-refractivity contribution < 1.29 is 15.3 Å². The van der Waals surface area contributed by atoms with Crippen LogP contribution in [0.3, 0.4) is 0 Å². The second kappa shape index (κ2) is 5.54. The fourth-order valence-electron chi connectivity index (χ4n) is 1.21. The van der Waals surface area contributed by atoms with E-state index >= 15 is 0 Å². The standard InChI is InChI=1S/C11H14O3/c1-2-10(14-13)8-11(12)9-6-4-3-5-7-9/h2-7,10-13H,1,8H2/t10-,11+/m0/s1. The van der Waals surface area contributed by atoms with Gasteiger partial charge in [-0.15, -0.1) is 6.58 Å². The topological polar surface area (TPSA) is 49.7 Å². The molecule has 0 aliphatic heterocycles. The van der Waals surface area contributed by atoms with E-state index in [4.69, 9.17) is 5.26 Å². The quantitative estimate of drug-likeness (QED) is 0.429. The first-order valence-corrected chi connectivity index (χ1v) is 4.43. The van der Waals surface area contributed by atoms with Gasteiger partial charge in [0.2, 0.25) is 0 Å². The summed E-state index contributed by atoms with van der Waals surface area (Å²) < 4.78 is 0. The van der Waals surface area contributed by atoms with Gasteiger partial charge in [0.1, 0.15) is 6.10 Å². The molecule has 0 saturated heterocycles. The van der Waals surface area contributed by atoms with E-state index in [0.717, 1.165) is 5.56 Å². The van der Waals surface area contributed by atoms with Crippen molar-refractivity contribution >= 4 is 0 Å². The molecule has 0 fully saturated rings. The van der Waals surface area contributed by atoms with Crippen LogP contribution < -0.4 is 0 Å². The molecule has 0 bridgehead atoms. The van der Waals surface area contributed by atoms with Gasteiger partial charge in [-0.05, 0) is 5.56 Å². The second-order valence-corrected chi connectivity index (χ2v) is 3.04. The summed E-state index contributed by atoms with van der Waals surface area (Å²) in [7, 11) is 0. The Labute approximate surface area is 83.2 Å². The number of hydrogen-bond donors (Lipinski definition) is 2. The normalized spacial score (nSPS) is 14.7. The zero-order valence-electron chi connectivity index (χ0n) is 7.84. The minimum atomic E-state index is -0.647. The van der Waals surface area contributed by atoms with Gasteiger partial charge in [-0.2, -0.15) is 0 Å². The summed E-state index contributed by atoms with van der Waals surface area (Å²) in [6.45, 7) is 3.48. The molecule has 0 radical (unpaired) electrons. The van der Waals surface area contributed by atoms with Crippen molar-refractivity contribution in [3.8, 4) is 0 Å². The molecule has 0 aliphatic rings. The highest BCUT2D eigenvalue weighted by Crippen LogP contribution is 2.19. The van der Waals surface area contributed by atoms with Crippen molar-refractivity contribution in [1.29, 1.82) is 0 Å². The van der Waals surface area contributed by atoms with E-state index in [1.54, 1.807) is 0 Å². The van der Waals surface area contributed by atoms with Crippen LogP contribution in [-0.2, 0) is 4.89 Å². The first-order valence-electron chi connectivity index (χ1n) is 4.43. The molecule has 0 aromatic heterocycles. The molecule has 1 aromatic rings. The maximum Gasteiger partial charge on any atom is 0.113 e. The maximum absolute atomic E-state index is 9.71. The lowest BCUT2D eigenvalue weighted by Crippen LogP contribution is -2.12. The highest BCUT2D eigenvalue weighted by atomic mass is 17.1. The molecule has 0 aliphatic carbocycles. The molecule has 14 heavy (non-hydrogen) atoms. The third-order valence-corrected chi connectivity index (χ3v) is 2.04. The van der Waals surface area contributed by atoms with Crippen LogP contribution in [0, 0.1) is 0 Å². The molecule has 0 heterocycles. The van der Waals surface area contributed by atoms with Crippen molar-refractivity contribution in [3.05, 3.63) is 48.6 Å². The number of aliphatic hydroxyl groups is 1. The Bertz CT molecular complexity index is 271. The number of benzene rings is 1. The van der Waals surface area contributed by atoms with Crippen molar-refractivity contribution in [2.24, 2.45) is 0 Å². The molecular formula is C11H14O3. The van der Waals surface area contributed by atoms with Crippen LogP contribution in [-0.4, -0.2) is 16.5 Å². The lowest BCUT2D eigenvalue weighted by atomic mass is 10.0. The summed E-state index contributed by atoms with van der Waals surface area (Å²) >= 11 is 0. The molecule has 3 heteroatoms. The smallest absolute Gasteiger partial charge is 0.113 e. The summed E-state index contributed by atoms with van der Waals surface area (Å²) in [6, 6.07) is 9.22.